The first-order valence-corrected chi connectivity index (χ1v) is 12.6. The number of carbonyl (C=O) groups excluding carboxylic acids is 2. The Labute approximate surface area is 194 Å². The van der Waals surface area contributed by atoms with Crippen molar-refractivity contribution in [3.05, 3.63) is 53.7 Å². The minimum Gasteiger partial charge on any atom is -0.352 e. The standard InChI is InChI=1S/C25H32N4O2S/c1-28(21-7-3-2-4-8-21)16-6-15-26-24(31)20-12-10-19(11-13-20)17-29-22-9-5-14-27-25(22)32-18-23(29)30/h5,9-14,21H,2-4,6-8,15-18H2,1H3,(H,26,31). The van der Waals surface area contributed by atoms with Crippen LogP contribution in [0.4, 0.5) is 5.69 Å². The summed E-state index contributed by atoms with van der Waals surface area (Å²) >= 11 is 1.48. The van der Waals surface area contributed by atoms with E-state index in [-0.39, 0.29) is 11.8 Å². The first kappa shape index (κ1) is 22.8. The van der Waals surface area contributed by atoms with Gasteiger partial charge in [0.25, 0.3) is 5.91 Å². The molecule has 1 aromatic heterocycles. The Hall–Kier alpha value is -2.38. The molecule has 0 bridgehead atoms. The predicted molar refractivity (Wildman–Crippen MR) is 129 cm³/mol. The molecular formula is C25H32N4O2S. The van der Waals surface area contributed by atoms with Crippen molar-refractivity contribution < 1.29 is 9.59 Å². The van der Waals surface area contributed by atoms with E-state index in [4.69, 9.17) is 0 Å². The highest BCUT2D eigenvalue weighted by molar-refractivity contribution is 8.00. The number of aromatic nitrogens is 1. The fourth-order valence-electron chi connectivity index (χ4n) is 4.50. The summed E-state index contributed by atoms with van der Waals surface area (Å²) < 4.78 is 0. The average molecular weight is 453 g/mol. The highest BCUT2D eigenvalue weighted by Gasteiger charge is 2.25. The van der Waals surface area contributed by atoms with Crippen molar-refractivity contribution in [2.75, 3.05) is 30.8 Å². The third-order valence-corrected chi connectivity index (χ3v) is 7.38. The molecule has 1 aliphatic heterocycles. The third kappa shape index (κ3) is 5.70. The second kappa shape index (κ2) is 11.0. The lowest BCUT2D eigenvalue weighted by Gasteiger charge is -2.31. The van der Waals surface area contributed by atoms with Crippen LogP contribution in [0.5, 0.6) is 0 Å². The lowest BCUT2D eigenvalue weighted by molar-refractivity contribution is -0.116. The van der Waals surface area contributed by atoms with Crippen LogP contribution in [-0.4, -0.2) is 53.6 Å². The second-order valence-electron chi connectivity index (χ2n) is 8.68. The van der Waals surface area contributed by atoms with Gasteiger partial charge < -0.3 is 15.1 Å². The van der Waals surface area contributed by atoms with Gasteiger partial charge in [0.15, 0.2) is 0 Å². The summed E-state index contributed by atoms with van der Waals surface area (Å²) in [6, 6.07) is 12.0. The minimum absolute atomic E-state index is 0.0446. The molecule has 1 saturated carbocycles. The van der Waals surface area contributed by atoms with E-state index in [9.17, 15) is 9.59 Å². The van der Waals surface area contributed by atoms with Crippen molar-refractivity contribution in [3.8, 4) is 0 Å². The Kier molecular flexibility index (Phi) is 7.81. The van der Waals surface area contributed by atoms with Crippen LogP contribution in [0, 0.1) is 0 Å². The monoisotopic (exact) mass is 452 g/mol. The number of nitrogens with zero attached hydrogens (tertiary/aromatic N) is 3. The molecule has 0 spiro atoms. The SMILES string of the molecule is CN(CCCNC(=O)c1ccc(CN2C(=O)CSc3ncccc32)cc1)C1CCCCC1. The van der Waals surface area contributed by atoms with E-state index in [0.717, 1.165) is 29.2 Å². The summed E-state index contributed by atoms with van der Waals surface area (Å²) in [4.78, 5) is 33.5. The van der Waals surface area contributed by atoms with Gasteiger partial charge in [-0.05, 0) is 62.7 Å². The van der Waals surface area contributed by atoms with E-state index < -0.39 is 0 Å². The Balaban J connectivity index is 1.25. The number of thioether (sulfide) groups is 1. The van der Waals surface area contributed by atoms with E-state index in [0.29, 0.717) is 30.4 Å². The van der Waals surface area contributed by atoms with Crippen LogP contribution in [-0.2, 0) is 11.3 Å². The molecule has 0 unspecified atom stereocenters. The molecule has 0 atom stereocenters. The molecule has 4 rings (SSSR count). The number of carbonyl (C=O) groups is 2. The topological polar surface area (TPSA) is 65.5 Å². The van der Waals surface area contributed by atoms with Gasteiger partial charge in [0.05, 0.1) is 18.0 Å². The van der Waals surface area contributed by atoms with Crippen LogP contribution in [0.2, 0.25) is 0 Å². The van der Waals surface area contributed by atoms with Crippen LogP contribution >= 0.6 is 11.8 Å². The fraction of sp³-hybridized carbons (Fsp3) is 0.480. The van der Waals surface area contributed by atoms with Gasteiger partial charge in [0.2, 0.25) is 5.91 Å². The van der Waals surface area contributed by atoms with E-state index >= 15 is 0 Å². The van der Waals surface area contributed by atoms with Gasteiger partial charge in [-0.3, -0.25) is 9.59 Å². The summed E-state index contributed by atoms with van der Waals surface area (Å²) in [5.41, 5.74) is 2.50. The second-order valence-corrected chi connectivity index (χ2v) is 9.64. The zero-order valence-electron chi connectivity index (χ0n) is 18.8. The van der Waals surface area contributed by atoms with Gasteiger partial charge in [-0.25, -0.2) is 4.98 Å². The van der Waals surface area contributed by atoms with E-state index in [1.165, 1.54) is 43.9 Å². The molecule has 1 fully saturated rings. The van der Waals surface area contributed by atoms with Gasteiger partial charge in [-0.15, -0.1) is 0 Å². The molecular weight excluding hydrogens is 420 g/mol. The van der Waals surface area contributed by atoms with E-state index in [2.05, 4.69) is 22.2 Å². The van der Waals surface area contributed by atoms with Gasteiger partial charge in [0, 0.05) is 24.3 Å². The fourth-order valence-corrected chi connectivity index (χ4v) is 5.37. The lowest BCUT2D eigenvalue weighted by Crippen LogP contribution is -2.36. The molecule has 1 aromatic carbocycles. The number of anilines is 1. The molecule has 1 aliphatic carbocycles. The summed E-state index contributed by atoms with van der Waals surface area (Å²) in [7, 11) is 2.21. The molecule has 0 radical (unpaired) electrons. The number of hydrogen-bond donors (Lipinski definition) is 1. The molecule has 2 amide bonds. The molecule has 170 valence electrons. The largest absolute Gasteiger partial charge is 0.352 e. The van der Waals surface area contributed by atoms with Crippen molar-refractivity contribution in [1.82, 2.24) is 15.2 Å². The van der Waals surface area contributed by atoms with Gasteiger partial charge >= 0.3 is 0 Å². The number of hydrogen-bond acceptors (Lipinski definition) is 5. The highest BCUT2D eigenvalue weighted by Crippen LogP contribution is 2.34. The number of pyridine rings is 1. The summed E-state index contributed by atoms with van der Waals surface area (Å²) in [6.45, 7) is 2.18. The Morgan fingerprint density at radius 2 is 1.97 bits per heavy atom. The zero-order valence-corrected chi connectivity index (χ0v) is 19.6. The first-order chi connectivity index (χ1) is 15.6. The van der Waals surface area contributed by atoms with Gasteiger partial charge in [-0.1, -0.05) is 43.2 Å². The van der Waals surface area contributed by atoms with Crippen LogP contribution in [0.1, 0.15) is 54.4 Å². The van der Waals surface area contributed by atoms with Crippen molar-refractivity contribution in [3.63, 3.8) is 0 Å². The summed E-state index contributed by atoms with van der Waals surface area (Å²) in [6.07, 6.45) is 9.38. The molecule has 1 N–H and O–H groups in total. The molecule has 2 heterocycles. The lowest BCUT2D eigenvalue weighted by atomic mass is 9.94. The normalized spacial score (nSPS) is 16.8. The van der Waals surface area contributed by atoms with Crippen LogP contribution < -0.4 is 10.2 Å². The zero-order chi connectivity index (χ0) is 22.3. The van der Waals surface area contributed by atoms with Gasteiger partial charge in [0.1, 0.15) is 5.03 Å². The number of nitrogens with one attached hydrogen (secondary N) is 1. The van der Waals surface area contributed by atoms with Crippen LogP contribution in [0.25, 0.3) is 0 Å². The third-order valence-electron chi connectivity index (χ3n) is 6.40. The molecule has 7 heteroatoms. The van der Waals surface area contributed by atoms with Crippen LogP contribution in [0.15, 0.2) is 47.6 Å². The van der Waals surface area contributed by atoms with Crippen molar-refractivity contribution in [2.24, 2.45) is 0 Å². The quantitative estimate of drug-likeness (QED) is 0.611. The molecule has 2 aromatic rings. The van der Waals surface area contributed by atoms with Crippen molar-refractivity contribution in [1.29, 1.82) is 0 Å². The minimum atomic E-state index is -0.0446. The summed E-state index contributed by atoms with van der Waals surface area (Å²) in [5, 5.41) is 3.92. The number of amides is 2. The first-order valence-electron chi connectivity index (χ1n) is 11.6. The Morgan fingerprint density at radius 1 is 1.19 bits per heavy atom. The summed E-state index contributed by atoms with van der Waals surface area (Å²) in [5.74, 6) is 0.438. The average Bonchev–Trinajstić information content (AvgIpc) is 2.84. The van der Waals surface area contributed by atoms with Crippen molar-refractivity contribution >= 4 is 29.3 Å². The highest BCUT2D eigenvalue weighted by atomic mass is 32.2. The maximum atomic E-state index is 12.5. The van der Waals surface area contributed by atoms with E-state index in [1.54, 1.807) is 11.1 Å². The molecule has 0 saturated heterocycles. The van der Waals surface area contributed by atoms with Gasteiger partial charge in [-0.2, -0.15) is 0 Å². The van der Waals surface area contributed by atoms with Crippen molar-refractivity contribution in [2.45, 2.75) is 56.1 Å². The number of fused-ring (bicyclic) bond motifs is 1. The Morgan fingerprint density at radius 3 is 2.75 bits per heavy atom. The number of rotatable bonds is 8. The maximum absolute atomic E-state index is 12.5. The predicted octanol–water partition coefficient (Wildman–Crippen LogP) is 4.10. The van der Waals surface area contributed by atoms with E-state index in [1.807, 2.05) is 36.4 Å². The maximum Gasteiger partial charge on any atom is 0.251 e. The smallest absolute Gasteiger partial charge is 0.251 e. The molecule has 32 heavy (non-hydrogen) atoms. The van der Waals surface area contributed by atoms with Crippen LogP contribution in [0.3, 0.4) is 0 Å². The molecule has 2 aliphatic rings. The molecule has 6 nitrogen and oxygen atoms in total. The Bertz CT molecular complexity index is 928. The number of benzene rings is 1.